The highest BCUT2D eigenvalue weighted by Crippen LogP contribution is 2.23. The largest absolute Gasteiger partial charge is 0.489 e. The van der Waals surface area contributed by atoms with Gasteiger partial charge in [-0.3, -0.25) is 24.3 Å². The summed E-state index contributed by atoms with van der Waals surface area (Å²) in [5.41, 5.74) is 6.84. The van der Waals surface area contributed by atoms with Gasteiger partial charge in [-0.2, -0.15) is 0 Å². The van der Waals surface area contributed by atoms with Crippen LogP contribution in [0.2, 0.25) is 0 Å². The fourth-order valence-corrected chi connectivity index (χ4v) is 2.44. The van der Waals surface area contributed by atoms with Crippen molar-refractivity contribution < 1.29 is 14.3 Å². The Morgan fingerprint density at radius 2 is 1.88 bits per heavy atom. The normalized spacial score (nSPS) is 12.7. The number of fused-ring (bicyclic) bond motifs is 1. The average molecular weight is 325 g/mol. The van der Waals surface area contributed by atoms with E-state index in [2.05, 4.69) is 11.9 Å². The smallest absolute Gasteiger partial charge is 0.262 e. The van der Waals surface area contributed by atoms with Gasteiger partial charge in [-0.25, -0.2) is 0 Å². The molecule has 122 valence electrons. The van der Waals surface area contributed by atoms with Crippen molar-refractivity contribution in [1.29, 1.82) is 0 Å². The second kappa shape index (κ2) is 5.69. The van der Waals surface area contributed by atoms with Crippen LogP contribution in [0.1, 0.15) is 27.6 Å². The molecule has 3 rings (SSSR count). The molecule has 1 aromatic carbocycles. The summed E-state index contributed by atoms with van der Waals surface area (Å²) in [5.74, 6) is -0.684. The average Bonchev–Trinajstić information content (AvgIpc) is 2.80. The lowest BCUT2D eigenvalue weighted by Crippen LogP contribution is -2.24. The summed E-state index contributed by atoms with van der Waals surface area (Å²) in [6.45, 7) is 6.00. The van der Waals surface area contributed by atoms with Crippen molar-refractivity contribution in [3.8, 4) is 11.4 Å². The first-order valence-electron chi connectivity index (χ1n) is 7.17. The van der Waals surface area contributed by atoms with Crippen molar-refractivity contribution in [2.24, 2.45) is 0 Å². The lowest BCUT2D eigenvalue weighted by atomic mass is 10.1. The van der Waals surface area contributed by atoms with Crippen LogP contribution < -0.4 is 21.3 Å². The van der Waals surface area contributed by atoms with Gasteiger partial charge in [-0.1, -0.05) is 6.58 Å². The van der Waals surface area contributed by atoms with E-state index in [4.69, 9.17) is 10.5 Å². The molecule has 2 heterocycles. The number of nitrogen functional groups attached to an aromatic ring is 1. The van der Waals surface area contributed by atoms with E-state index in [9.17, 15) is 14.4 Å². The number of ether oxygens (including phenoxy) is 1. The number of nitrogens with zero attached hydrogens (tertiary/aromatic N) is 1. The zero-order valence-electron chi connectivity index (χ0n) is 13.0. The summed E-state index contributed by atoms with van der Waals surface area (Å²) in [7, 11) is 0. The van der Waals surface area contributed by atoms with Crippen molar-refractivity contribution in [2.75, 3.05) is 12.3 Å². The predicted molar refractivity (Wildman–Crippen MR) is 88.6 cm³/mol. The van der Waals surface area contributed by atoms with Crippen molar-refractivity contribution in [2.45, 2.75) is 6.92 Å². The number of amides is 2. The van der Waals surface area contributed by atoms with E-state index in [0.29, 0.717) is 18.0 Å². The number of imide groups is 1. The van der Waals surface area contributed by atoms with Crippen LogP contribution >= 0.6 is 0 Å². The number of benzene rings is 1. The Labute approximate surface area is 137 Å². The number of aromatic nitrogens is 1. The maximum absolute atomic E-state index is 12.3. The summed E-state index contributed by atoms with van der Waals surface area (Å²) in [6, 6.07) is 7.77. The number of carbonyl (C=O) groups is 2. The first kappa shape index (κ1) is 15.5. The molecular formula is C17H15N3O4. The van der Waals surface area contributed by atoms with Crippen molar-refractivity contribution in [1.82, 2.24) is 9.88 Å². The Morgan fingerprint density at radius 3 is 2.50 bits per heavy atom. The number of pyridine rings is 1. The minimum Gasteiger partial charge on any atom is -0.489 e. The minimum atomic E-state index is -0.616. The molecule has 7 nitrogen and oxygen atoms in total. The first-order chi connectivity index (χ1) is 11.4. The highest BCUT2D eigenvalue weighted by molar-refractivity contribution is 6.23. The monoisotopic (exact) mass is 325 g/mol. The number of hydrogen-bond acceptors (Lipinski definition) is 5. The summed E-state index contributed by atoms with van der Waals surface area (Å²) in [5, 5.41) is 2.13. The molecule has 1 aromatic heterocycles. The molecule has 0 atom stereocenters. The molecule has 1 aliphatic heterocycles. The molecule has 1 aliphatic rings. The highest BCUT2D eigenvalue weighted by atomic mass is 16.5. The fraction of sp³-hybridized carbons (Fsp3) is 0.118. The second-order valence-electron chi connectivity index (χ2n) is 5.51. The highest BCUT2D eigenvalue weighted by Gasteiger charge is 2.31. The van der Waals surface area contributed by atoms with Gasteiger partial charge in [-0.15, -0.1) is 0 Å². The standard InChI is InChI=1S/C17H15N3O4/c1-9(2)8-24-11-5-3-10(4-6-11)20-13(21)7-12-14(15(20)18)17(23)19-16(12)22/h3-7H,1,8,18H2,2H3,(H,19,22,23). The van der Waals surface area contributed by atoms with Gasteiger partial charge in [0.25, 0.3) is 17.4 Å². The number of carbonyl (C=O) groups excluding carboxylic acids is 2. The van der Waals surface area contributed by atoms with Crippen LogP contribution in [0, 0.1) is 0 Å². The third-order valence-electron chi connectivity index (χ3n) is 3.53. The van der Waals surface area contributed by atoms with Crippen LogP contribution in [0.25, 0.3) is 5.69 Å². The predicted octanol–water partition coefficient (Wildman–Crippen LogP) is 1.26. The Hall–Kier alpha value is -3.35. The van der Waals surface area contributed by atoms with Gasteiger partial charge < -0.3 is 10.5 Å². The zero-order valence-corrected chi connectivity index (χ0v) is 13.0. The summed E-state index contributed by atoms with van der Waals surface area (Å²) in [4.78, 5) is 35.8. The van der Waals surface area contributed by atoms with Gasteiger partial charge in [0.1, 0.15) is 18.2 Å². The third-order valence-corrected chi connectivity index (χ3v) is 3.53. The molecule has 2 aromatic rings. The molecule has 0 spiro atoms. The molecular weight excluding hydrogens is 310 g/mol. The Bertz CT molecular complexity index is 926. The van der Waals surface area contributed by atoms with Crippen LogP contribution in [0.3, 0.4) is 0 Å². The van der Waals surface area contributed by atoms with E-state index in [1.165, 1.54) is 4.57 Å². The van der Waals surface area contributed by atoms with Gasteiger partial charge in [0, 0.05) is 6.07 Å². The number of nitrogens with one attached hydrogen (secondary N) is 1. The van der Waals surface area contributed by atoms with Gasteiger partial charge in [-0.05, 0) is 36.8 Å². The second-order valence-corrected chi connectivity index (χ2v) is 5.51. The molecule has 7 heteroatoms. The minimum absolute atomic E-state index is 0.000150. The van der Waals surface area contributed by atoms with Crippen LogP contribution in [-0.4, -0.2) is 23.0 Å². The topological polar surface area (TPSA) is 103 Å². The molecule has 0 fully saturated rings. The summed E-state index contributed by atoms with van der Waals surface area (Å²) >= 11 is 0. The van der Waals surface area contributed by atoms with Crippen LogP contribution in [0.5, 0.6) is 5.75 Å². The molecule has 3 N–H and O–H groups in total. The van der Waals surface area contributed by atoms with Crippen molar-refractivity contribution in [3.63, 3.8) is 0 Å². The van der Waals surface area contributed by atoms with Crippen molar-refractivity contribution >= 4 is 17.6 Å². The molecule has 0 saturated carbocycles. The third kappa shape index (κ3) is 2.56. The molecule has 0 aliphatic carbocycles. The molecule has 24 heavy (non-hydrogen) atoms. The first-order valence-corrected chi connectivity index (χ1v) is 7.17. The van der Waals surface area contributed by atoms with Crippen LogP contribution in [0.4, 0.5) is 5.82 Å². The Balaban J connectivity index is 2.03. The van der Waals surface area contributed by atoms with Crippen molar-refractivity contribution in [3.05, 3.63) is 64.0 Å². The molecule has 2 amide bonds. The number of rotatable bonds is 4. The van der Waals surface area contributed by atoms with Gasteiger partial charge in [0.15, 0.2) is 0 Å². The number of hydrogen-bond donors (Lipinski definition) is 2. The van der Waals surface area contributed by atoms with E-state index < -0.39 is 17.4 Å². The lowest BCUT2D eigenvalue weighted by molar-refractivity contribution is 0.0880. The molecule has 0 radical (unpaired) electrons. The van der Waals surface area contributed by atoms with E-state index in [1.54, 1.807) is 24.3 Å². The number of anilines is 1. The van der Waals surface area contributed by atoms with Crippen LogP contribution in [-0.2, 0) is 0 Å². The summed E-state index contributed by atoms with van der Waals surface area (Å²) < 4.78 is 6.68. The maximum atomic E-state index is 12.3. The number of nitrogens with two attached hydrogens (primary N) is 1. The molecule has 0 unspecified atom stereocenters. The molecule has 0 bridgehead atoms. The maximum Gasteiger partial charge on any atom is 0.262 e. The zero-order chi connectivity index (χ0) is 17.4. The lowest BCUT2D eigenvalue weighted by Gasteiger charge is -2.12. The Kier molecular flexibility index (Phi) is 3.69. The molecule has 0 saturated heterocycles. The van der Waals surface area contributed by atoms with Gasteiger partial charge in [0.05, 0.1) is 16.8 Å². The van der Waals surface area contributed by atoms with Crippen LogP contribution in [0.15, 0.2) is 47.3 Å². The van der Waals surface area contributed by atoms with Gasteiger partial charge >= 0.3 is 0 Å². The van der Waals surface area contributed by atoms with E-state index in [0.717, 1.165) is 11.6 Å². The van der Waals surface area contributed by atoms with Gasteiger partial charge in [0.2, 0.25) is 0 Å². The SMILES string of the molecule is C=C(C)COc1ccc(-n2c(N)c3c(cc2=O)C(=O)NC3=O)cc1. The van der Waals surface area contributed by atoms with E-state index in [1.807, 2.05) is 6.92 Å². The van der Waals surface area contributed by atoms with E-state index >= 15 is 0 Å². The quantitative estimate of drug-likeness (QED) is 0.650. The Morgan fingerprint density at radius 1 is 1.21 bits per heavy atom. The summed E-state index contributed by atoms with van der Waals surface area (Å²) in [6.07, 6.45) is 0. The van der Waals surface area contributed by atoms with E-state index in [-0.39, 0.29) is 16.9 Å². The fourth-order valence-electron chi connectivity index (χ4n) is 2.44.